The molecule has 0 saturated heterocycles. The Kier molecular flexibility index (Phi) is 5.75. The Balaban J connectivity index is 1.88. The molecule has 144 valence electrons. The van der Waals surface area contributed by atoms with E-state index in [4.69, 9.17) is 4.74 Å². The van der Waals surface area contributed by atoms with E-state index in [0.29, 0.717) is 22.3 Å². The zero-order chi connectivity index (χ0) is 20.1. The van der Waals surface area contributed by atoms with E-state index in [2.05, 4.69) is 9.97 Å². The topological polar surface area (TPSA) is 118 Å². The molecular weight excluding hydrogens is 364 g/mol. The SMILES string of the molecule is COCCN(Cc1nc2ccccc2c(=O)[nH]1)C(=O)c1ccc([N+](=O)[O-])cc1. The second kappa shape index (κ2) is 8.40. The van der Waals surface area contributed by atoms with Crippen molar-refractivity contribution in [1.82, 2.24) is 14.9 Å². The van der Waals surface area contributed by atoms with Crippen LogP contribution >= 0.6 is 0 Å². The van der Waals surface area contributed by atoms with Crippen LogP contribution in [0.2, 0.25) is 0 Å². The summed E-state index contributed by atoms with van der Waals surface area (Å²) in [4.78, 5) is 44.0. The summed E-state index contributed by atoms with van der Waals surface area (Å²) in [7, 11) is 1.52. The number of ether oxygens (including phenoxy) is 1. The number of nitrogens with one attached hydrogen (secondary N) is 1. The Morgan fingerprint density at radius 3 is 2.61 bits per heavy atom. The Morgan fingerprint density at radius 2 is 1.93 bits per heavy atom. The van der Waals surface area contributed by atoms with Gasteiger partial charge in [0.05, 0.1) is 29.0 Å². The molecule has 2 aromatic carbocycles. The third-order valence-corrected chi connectivity index (χ3v) is 4.18. The maximum Gasteiger partial charge on any atom is 0.269 e. The summed E-state index contributed by atoms with van der Waals surface area (Å²) in [6.45, 7) is 0.624. The van der Waals surface area contributed by atoms with Crippen LogP contribution in [0.4, 0.5) is 5.69 Å². The molecule has 1 aromatic heterocycles. The lowest BCUT2D eigenvalue weighted by atomic mass is 10.1. The van der Waals surface area contributed by atoms with Crippen LogP contribution in [0, 0.1) is 10.1 Å². The van der Waals surface area contributed by atoms with Crippen LogP contribution in [0.15, 0.2) is 53.3 Å². The lowest BCUT2D eigenvalue weighted by Gasteiger charge is -2.22. The van der Waals surface area contributed by atoms with E-state index in [1.807, 2.05) is 0 Å². The molecule has 9 heteroatoms. The molecule has 9 nitrogen and oxygen atoms in total. The third kappa shape index (κ3) is 4.21. The minimum Gasteiger partial charge on any atom is -0.383 e. The van der Waals surface area contributed by atoms with Gasteiger partial charge in [0.25, 0.3) is 17.2 Å². The predicted molar refractivity (Wildman–Crippen MR) is 102 cm³/mol. The first kappa shape index (κ1) is 19.2. The van der Waals surface area contributed by atoms with Gasteiger partial charge in [-0.15, -0.1) is 0 Å². The maximum absolute atomic E-state index is 12.9. The number of para-hydroxylation sites is 1. The number of amides is 1. The molecule has 1 heterocycles. The lowest BCUT2D eigenvalue weighted by molar-refractivity contribution is -0.384. The number of carbonyl (C=O) groups is 1. The lowest BCUT2D eigenvalue weighted by Crippen LogP contribution is -2.34. The number of aromatic nitrogens is 2. The number of aromatic amines is 1. The monoisotopic (exact) mass is 382 g/mol. The Bertz CT molecular complexity index is 1060. The van der Waals surface area contributed by atoms with Crippen molar-refractivity contribution in [2.24, 2.45) is 0 Å². The van der Waals surface area contributed by atoms with Crippen molar-refractivity contribution in [3.63, 3.8) is 0 Å². The second-order valence-corrected chi connectivity index (χ2v) is 6.05. The molecule has 1 amide bonds. The molecule has 0 fully saturated rings. The molecule has 0 radical (unpaired) electrons. The van der Waals surface area contributed by atoms with Crippen LogP contribution in [0.1, 0.15) is 16.2 Å². The summed E-state index contributed by atoms with van der Waals surface area (Å²) < 4.78 is 5.07. The van der Waals surface area contributed by atoms with Crippen molar-refractivity contribution < 1.29 is 14.5 Å². The number of hydrogen-bond acceptors (Lipinski definition) is 6. The highest BCUT2D eigenvalue weighted by molar-refractivity contribution is 5.94. The van der Waals surface area contributed by atoms with E-state index in [1.165, 1.54) is 36.3 Å². The van der Waals surface area contributed by atoms with Gasteiger partial charge >= 0.3 is 0 Å². The van der Waals surface area contributed by atoms with Gasteiger partial charge in [-0.2, -0.15) is 0 Å². The first-order valence-electron chi connectivity index (χ1n) is 8.50. The summed E-state index contributed by atoms with van der Waals surface area (Å²) in [6.07, 6.45) is 0. The van der Waals surface area contributed by atoms with Gasteiger partial charge in [-0.1, -0.05) is 12.1 Å². The fourth-order valence-corrected chi connectivity index (χ4v) is 2.75. The number of fused-ring (bicyclic) bond motifs is 1. The fourth-order valence-electron chi connectivity index (χ4n) is 2.75. The molecule has 1 N–H and O–H groups in total. The zero-order valence-corrected chi connectivity index (χ0v) is 15.1. The Hall–Kier alpha value is -3.59. The number of nitro benzene ring substituents is 1. The highest BCUT2D eigenvalue weighted by Crippen LogP contribution is 2.15. The van der Waals surface area contributed by atoms with Crippen molar-refractivity contribution in [3.05, 3.63) is 80.4 Å². The van der Waals surface area contributed by atoms with Crippen LogP contribution in [-0.4, -0.2) is 46.0 Å². The molecule has 0 aliphatic heterocycles. The molecule has 3 rings (SSSR count). The third-order valence-electron chi connectivity index (χ3n) is 4.18. The molecule has 0 unspecified atom stereocenters. The summed E-state index contributed by atoms with van der Waals surface area (Å²) in [6, 6.07) is 12.3. The smallest absolute Gasteiger partial charge is 0.269 e. The van der Waals surface area contributed by atoms with Crippen molar-refractivity contribution >= 4 is 22.5 Å². The van der Waals surface area contributed by atoms with Crippen LogP contribution in [0.5, 0.6) is 0 Å². The van der Waals surface area contributed by atoms with Gasteiger partial charge in [-0.05, 0) is 24.3 Å². The van der Waals surface area contributed by atoms with E-state index in [-0.39, 0.29) is 36.9 Å². The molecule has 0 spiro atoms. The standard InChI is InChI=1S/C19H18N4O5/c1-28-11-10-22(19(25)13-6-8-14(9-7-13)23(26)27)12-17-20-16-5-3-2-4-15(16)18(24)21-17/h2-9H,10-12H2,1H3,(H,20,21,24). The van der Waals surface area contributed by atoms with Gasteiger partial charge in [0.15, 0.2) is 0 Å². The number of nitro groups is 1. The van der Waals surface area contributed by atoms with Gasteiger partial charge in [-0.3, -0.25) is 19.7 Å². The average Bonchev–Trinajstić information content (AvgIpc) is 2.70. The molecule has 28 heavy (non-hydrogen) atoms. The van der Waals surface area contributed by atoms with E-state index in [1.54, 1.807) is 24.3 Å². The zero-order valence-electron chi connectivity index (χ0n) is 15.1. The molecule has 0 aliphatic carbocycles. The van der Waals surface area contributed by atoms with Crippen LogP contribution in [0.25, 0.3) is 10.9 Å². The summed E-state index contributed by atoms with van der Waals surface area (Å²) in [5, 5.41) is 11.3. The van der Waals surface area contributed by atoms with Gasteiger partial charge in [0, 0.05) is 31.4 Å². The number of methoxy groups -OCH3 is 1. The fraction of sp³-hybridized carbons (Fsp3) is 0.211. The van der Waals surface area contributed by atoms with Crippen molar-refractivity contribution in [3.8, 4) is 0 Å². The molecule has 3 aromatic rings. The molecule has 0 aliphatic rings. The average molecular weight is 382 g/mol. The van der Waals surface area contributed by atoms with E-state index >= 15 is 0 Å². The minimum atomic E-state index is -0.527. The van der Waals surface area contributed by atoms with Crippen LogP contribution < -0.4 is 5.56 Å². The molecule has 0 saturated carbocycles. The Labute approximate surface area is 159 Å². The van der Waals surface area contributed by atoms with Gasteiger partial charge in [0.2, 0.25) is 0 Å². The van der Waals surface area contributed by atoms with Crippen LogP contribution in [0.3, 0.4) is 0 Å². The maximum atomic E-state index is 12.9. The number of carbonyl (C=O) groups excluding carboxylic acids is 1. The van der Waals surface area contributed by atoms with Gasteiger partial charge in [-0.25, -0.2) is 4.98 Å². The number of benzene rings is 2. The second-order valence-electron chi connectivity index (χ2n) is 6.05. The van der Waals surface area contributed by atoms with Crippen LogP contribution in [-0.2, 0) is 11.3 Å². The predicted octanol–water partition coefficient (Wildman–Crippen LogP) is 2.12. The number of rotatable bonds is 7. The van der Waals surface area contributed by atoms with Crippen molar-refractivity contribution in [1.29, 1.82) is 0 Å². The number of nitrogens with zero attached hydrogens (tertiary/aromatic N) is 3. The van der Waals surface area contributed by atoms with E-state index in [0.717, 1.165) is 0 Å². The highest BCUT2D eigenvalue weighted by Gasteiger charge is 2.18. The largest absolute Gasteiger partial charge is 0.383 e. The number of H-pyrrole nitrogens is 1. The van der Waals surface area contributed by atoms with Crippen molar-refractivity contribution in [2.75, 3.05) is 20.3 Å². The first-order valence-corrected chi connectivity index (χ1v) is 8.50. The van der Waals surface area contributed by atoms with E-state index < -0.39 is 4.92 Å². The van der Waals surface area contributed by atoms with Crippen molar-refractivity contribution in [2.45, 2.75) is 6.54 Å². The summed E-state index contributed by atoms with van der Waals surface area (Å²) >= 11 is 0. The first-order chi connectivity index (χ1) is 13.5. The minimum absolute atomic E-state index is 0.0687. The quantitative estimate of drug-likeness (QED) is 0.494. The van der Waals surface area contributed by atoms with Gasteiger partial charge in [0.1, 0.15) is 5.82 Å². The summed E-state index contributed by atoms with van der Waals surface area (Å²) in [5.74, 6) is -0.00202. The molecular formula is C19H18N4O5. The normalized spacial score (nSPS) is 10.8. The molecule has 0 bridgehead atoms. The Morgan fingerprint density at radius 1 is 1.21 bits per heavy atom. The number of non-ortho nitro benzene ring substituents is 1. The highest BCUT2D eigenvalue weighted by atomic mass is 16.6. The van der Waals surface area contributed by atoms with E-state index in [9.17, 15) is 19.7 Å². The molecule has 0 atom stereocenters. The van der Waals surface area contributed by atoms with Gasteiger partial charge < -0.3 is 14.6 Å². The number of hydrogen-bond donors (Lipinski definition) is 1. The summed E-state index contributed by atoms with van der Waals surface area (Å²) in [5.41, 5.74) is 0.455.